The topological polar surface area (TPSA) is 64.6 Å². The third-order valence-corrected chi connectivity index (χ3v) is 3.61. The van der Waals surface area contributed by atoms with Crippen LogP contribution in [0.3, 0.4) is 0 Å². The number of rotatable bonds is 6. The fourth-order valence-corrected chi connectivity index (χ4v) is 2.16. The van der Waals surface area contributed by atoms with Gasteiger partial charge < -0.3 is 14.8 Å². The predicted octanol–water partition coefficient (Wildman–Crippen LogP) is 3.04. The van der Waals surface area contributed by atoms with Crippen molar-refractivity contribution in [3.05, 3.63) is 65.2 Å². The molecule has 2 aromatic carbocycles. The average molecular weight is 327 g/mol. The lowest BCUT2D eigenvalue weighted by atomic mass is 10.1. The number of hydrogen-bond acceptors (Lipinski definition) is 4. The Bertz CT molecular complexity index is 692. The van der Waals surface area contributed by atoms with Gasteiger partial charge in [0.25, 0.3) is 5.91 Å². The Kier molecular flexibility index (Phi) is 5.95. The second-order valence-electron chi connectivity index (χ2n) is 5.50. The van der Waals surface area contributed by atoms with Crippen molar-refractivity contribution in [3.8, 4) is 5.75 Å². The zero-order valence-electron chi connectivity index (χ0n) is 14.0. The van der Waals surface area contributed by atoms with Gasteiger partial charge in [-0.15, -0.1) is 0 Å². The second kappa shape index (κ2) is 8.15. The van der Waals surface area contributed by atoms with Gasteiger partial charge in [0.1, 0.15) is 5.75 Å². The molecule has 5 nitrogen and oxygen atoms in total. The van der Waals surface area contributed by atoms with Crippen molar-refractivity contribution in [1.82, 2.24) is 5.32 Å². The maximum atomic E-state index is 11.9. The van der Waals surface area contributed by atoms with Crippen molar-refractivity contribution in [2.24, 2.45) is 0 Å². The zero-order chi connectivity index (χ0) is 17.5. The van der Waals surface area contributed by atoms with E-state index in [1.54, 1.807) is 19.2 Å². The van der Waals surface area contributed by atoms with Gasteiger partial charge in [-0.1, -0.05) is 29.8 Å². The summed E-state index contributed by atoms with van der Waals surface area (Å²) in [5.74, 6) is -0.106. The molecule has 0 aromatic heterocycles. The van der Waals surface area contributed by atoms with Crippen LogP contribution in [0.5, 0.6) is 5.75 Å². The molecule has 0 fully saturated rings. The number of benzene rings is 2. The Morgan fingerprint density at radius 2 is 1.67 bits per heavy atom. The lowest BCUT2D eigenvalue weighted by Crippen LogP contribution is -2.31. The molecule has 1 amide bonds. The molecule has 1 atom stereocenters. The molecule has 1 N–H and O–H groups in total. The third kappa shape index (κ3) is 4.84. The van der Waals surface area contributed by atoms with Gasteiger partial charge in [-0.05, 0) is 43.7 Å². The molecule has 2 aromatic rings. The van der Waals surface area contributed by atoms with E-state index >= 15 is 0 Å². The van der Waals surface area contributed by atoms with Gasteiger partial charge in [0.15, 0.2) is 6.61 Å². The Hall–Kier alpha value is -2.82. The minimum absolute atomic E-state index is 0.193. The molecule has 2 rings (SSSR count). The largest absolute Gasteiger partial charge is 0.497 e. The fraction of sp³-hybridized carbons (Fsp3) is 0.263. The lowest BCUT2D eigenvalue weighted by Gasteiger charge is -2.15. The van der Waals surface area contributed by atoms with E-state index in [1.807, 2.05) is 50.2 Å². The van der Waals surface area contributed by atoms with Gasteiger partial charge >= 0.3 is 5.97 Å². The highest BCUT2D eigenvalue weighted by molar-refractivity contribution is 5.91. The van der Waals surface area contributed by atoms with Gasteiger partial charge in [-0.25, -0.2) is 4.79 Å². The summed E-state index contributed by atoms with van der Waals surface area (Å²) >= 11 is 0. The van der Waals surface area contributed by atoms with Crippen molar-refractivity contribution < 1.29 is 19.1 Å². The number of nitrogens with one attached hydrogen (secondary N) is 1. The van der Waals surface area contributed by atoms with Gasteiger partial charge in [0.2, 0.25) is 0 Å². The van der Waals surface area contributed by atoms with E-state index in [4.69, 9.17) is 9.47 Å². The van der Waals surface area contributed by atoms with Crippen molar-refractivity contribution in [1.29, 1.82) is 0 Å². The van der Waals surface area contributed by atoms with Gasteiger partial charge in [0.05, 0.1) is 18.7 Å². The molecule has 0 saturated carbocycles. The molecule has 0 aliphatic rings. The van der Waals surface area contributed by atoms with Crippen LogP contribution in [0.15, 0.2) is 48.5 Å². The monoisotopic (exact) mass is 327 g/mol. The highest BCUT2D eigenvalue weighted by Crippen LogP contribution is 2.17. The predicted molar refractivity (Wildman–Crippen MR) is 91.0 cm³/mol. The van der Waals surface area contributed by atoms with Crippen LogP contribution < -0.4 is 10.1 Å². The van der Waals surface area contributed by atoms with E-state index in [9.17, 15) is 9.59 Å². The first-order valence-electron chi connectivity index (χ1n) is 7.66. The number of methoxy groups -OCH3 is 1. The van der Waals surface area contributed by atoms with E-state index in [0.717, 1.165) is 16.9 Å². The Morgan fingerprint density at radius 1 is 1.04 bits per heavy atom. The zero-order valence-corrected chi connectivity index (χ0v) is 14.0. The summed E-state index contributed by atoms with van der Waals surface area (Å²) in [7, 11) is 1.60. The Morgan fingerprint density at radius 3 is 2.25 bits per heavy atom. The molecule has 0 aliphatic heterocycles. The molecular weight excluding hydrogens is 306 g/mol. The summed E-state index contributed by atoms with van der Waals surface area (Å²) in [6.45, 7) is 3.48. The van der Waals surface area contributed by atoms with Gasteiger partial charge in [-0.3, -0.25) is 4.79 Å². The molecule has 0 unspecified atom stereocenters. The average Bonchev–Trinajstić information content (AvgIpc) is 2.60. The third-order valence-electron chi connectivity index (χ3n) is 3.61. The van der Waals surface area contributed by atoms with Crippen LogP contribution in [0.4, 0.5) is 0 Å². The number of carbonyl (C=O) groups is 2. The minimum atomic E-state index is -0.512. The molecule has 0 aliphatic carbocycles. The van der Waals surface area contributed by atoms with Gasteiger partial charge in [-0.2, -0.15) is 0 Å². The molecule has 126 valence electrons. The number of amides is 1. The summed E-state index contributed by atoms with van der Waals surface area (Å²) in [6.07, 6.45) is 0. The normalized spacial score (nSPS) is 11.5. The van der Waals surface area contributed by atoms with Crippen molar-refractivity contribution in [3.63, 3.8) is 0 Å². The summed E-state index contributed by atoms with van der Waals surface area (Å²) in [5, 5.41) is 2.79. The first-order valence-corrected chi connectivity index (χ1v) is 7.66. The van der Waals surface area contributed by atoms with Crippen LogP contribution >= 0.6 is 0 Å². The second-order valence-corrected chi connectivity index (χ2v) is 5.50. The van der Waals surface area contributed by atoms with Crippen LogP contribution in [0.1, 0.15) is 34.5 Å². The van der Waals surface area contributed by atoms with E-state index < -0.39 is 5.97 Å². The Labute approximate surface area is 141 Å². The molecule has 0 heterocycles. The number of ether oxygens (including phenoxy) is 2. The summed E-state index contributed by atoms with van der Waals surface area (Å²) in [6, 6.07) is 14.2. The van der Waals surface area contributed by atoms with E-state index in [2.05, 4.69) is 5.32 Å². The van der Waals surface area contributed by atoms with E-state index in [1.165, 1.54) is 0 Å². The van der Waals surface area contributed by atoms with Crippen LogP contribution in [0.25, 0.3) is 0 Å². The van der Waals surface area contributed by atoms with Crippen molar-refractivity contribution >= 4 is 11.9 Å². The smallest absolute Gasteiger partial charge is 0.338 e. The minimum Gasteiger partial charge on any atom is -0.497 e. The number of hydrogen-bond donors (Lipinski definition) is 1. The molecule has 0 bridgehead atoms. The Balaban J connectivity index is 1.83. The van der Waals surface area contributed by atoms with Crippen LogP contribution in [0, 0.1) is 6.92 Å². The molecule has 5 heteroatoms. The molecular formula is C19H21NO4. The fourth-order valence-electron chi connectivity index (χ4n) is 2.16. The SMILES string of the molecule is COc1ccc([C@H](C)NC(=O)COC(=O)c2ccc(C)cc2)cc1. The maximum absolute atomic E-state index is 11.9. The molecule has 0 spiro atoms. The quantitative estimate of drug-likeness (QED) is 0.828. The van der Waals surface area contributed by atoms with E-state index in [-0.39, 0.29) is 18.6 Å². The standard InChI is InChI=1S/C19H21NO4/c1-13-4-6-16(7-5-13)19(22)24-12-18(21)20-14(2)15-8-10-17(23-3)11-9-15/h4-11,14H,12H2,1-3H3,(H,20,21)/t14-/m0/s1. The molecule has 0 radical (unpaired) electrons. The van der Waals surface area contributed by atoms with Gasteiger partial charge in [0, 0.05) is 0 Å². The molecule has 0 saturated heterocycles. The molecule has 24 heavy (non-hydrogen) atoms. The highest BCUT2D eigenvalue weighted by Gasteiger charge is 2.13. The van der Waals surface area contributed by atoms with Crippen LogP contribution in [0.2, 0.25) is 0 Å². The van der Waals surface area contributed by atoms with Crippen LogP contribution in [-0.4, -0.2) is 25.6 Å². The first-order chi connectivity index (χ1) is 11.5. The maximum Gasteiger partial charge on any atom is 0.338 e. The summed E-state index contributed by atoms with van der Waals surface area (Å²) in [5.41, 5.74) is 2.42. The number of carbonyl (C=O) groups excluding carboxylic acids is 2. The number of esters is 1. The van der Waals surface area contributed by atoms with Crippen LogP contribution in [-0.2, 0) is 9.53 Å². The van der Waals surface area contributed by atoms with E-state index in [0.29, 0.717) is 5.56 Å². The van der Waals surface area contributed by atoms with Crippen molar-refractivity contribution in [2.45, 2.75) is 19.9 Å². The first kappa shape index (κ1) is 17.5. The summed E-state index contributed by atoms with van der Waals surface area (Å²) in [4.78, 5) is 23.8. The van der Waals surface area contributed by atoms with Crippen molar-refractivity contribution in [2.75, 3.05) is 13.7 Å². The lowest BCUT2D eigenvalue weighted by molar-refractivity contribution is -0.124. The highest BCUT2D eigenvalue weighted by atomic mass is 16.5. The number of aryl methyl sites for hydroxylation is 1. The summed E-state index contributed by atoms with van der Waals surface area (Å²) < 4.78 is 10.1.